The van der Waals surface area contributed by atoms with Crippen molar-refractivity contribution >= 4 is 28.7 Å². The topological polar surface area (TPSA) is 97.1 Å². The van der Waals surface area contributed by atoms with Gasteiger partial charge < -0.3 is 20.5 Å². The van der Waals surface area contributed by atoms with Crippen LogP contribution in [0.2, 0.25) is 0 Å². The van der Waals surface area contributed by atoms with Crippen LogP contribution in [0.4, 0.5) is 30.8 Å². The fraction of sp³-hybridized carbons (Fsp3) is 0.476. The first kappa shape index (κ1) is 15.8. The number of nitrogens with one attached hydrogen (secondary N) is 2. The van der Waals surface area contributed by atoms with Crippen molar-refractivity contribution in [1.82, 2.24) is 19.5 Å². The molecule has 5 rings (SSSR count). The van der Waals surface area contributed by atoms with Crippen LogP contribution in [0.5, 0.6) is 0 Å². The predicted octanol–water partition coefficient (Wildman–Crippen LogP) is 3.66. The first-order valence-corrected chi connectivity index (χ1v) is 10.0. The summed E-state index contributed by atoms with van der Waals surface area (Å²) in [5.74, 6) is -3.54. The number of fused-ring (bicyclic) bond motifs is 1. The van der Waals surface area contributed by atoms with E-state index in [1.807, 2.05) is 0 Å². The van der Waals surface area contributed by atoms with Crippen molar-refractivity contribution in [3.05, 3.63) is 35.8 Å². The number of aromatic nitrogens is 4. The summed E-state index contributed by atoms with van der Waals surface area (Å²) in [4.78, 5) is 12.8. The van der Waals surface area contributed by atoms with Crippen LogP contribution < -0.4 is 10.6 Å². The van der Waals surface area contributed by atoms with Gasteiger partial charge in [-0.2, -0.15) is 4.98 Å². The number of halogens is 3. The quantitative estimate of drug-likeness (QED) is 0.542. The van der Waals surface area contributed by atoms with Gasteiger partial charge in [-0.15, -0.1) is 0 Å². The number of aliphatic hydroxyl groups excluding tert-OH is 1. The van der Waals surface area contributed by atoms with E-state index in [1.54, 1.807) is 4.57 Å². The number of imidazole rings is 1. The second kappa shape index (κ2) is 8.55. The first-order chi connectivity index (χ1) is 17.4. The minimum absolute atomic E-state index is 0.00724. The molecule has 0 spiro atoms. The number of rotatable bonds is 5. The highest BCUT2D eigenvalue weighted by molar-refractivity contribution is 5.76. The van der Waals surface area contributed by atoms with Crippen molar-refractivity contribution in [2.45, 2.75) is 50.2 Å². The normalized spacial score (nSPS) is 31.3. The summed E-state index contributed by atoms with van der Waals surface area (Å²) >= 11 is 0. The Hall–Kier alpha value is -2.92. The zero-order valence-electron chi connectivity index (χ0n) is 21.6. The summed E-state index contributed by atoms with van der Waals surface area (Å²) < 4.78 is 89.9. The van der Waals surface area contributed by atoms with E-state index in [2.05, 4.69) is 25.6 Å². The summed E-state index contributed by atoms with van der Waals surface area (Å²) in [6.07, 6.45) is -6.61. The Morgan fingerprint density at radius 1 is 1.16 bits per heavy atom. The van der Waals surface area contributed by atoms with Crippen molar-refractivity contribution in [1.29, 1.82) is 0 Å². The maximum atomic E-state index is 14.3. The second-order valence-corrected chi connectivity index (χ2v) is 7.49. The molecule has 11 heteroatoms. The van der Waals surface area contributed by atoms with Gasteiger partial charge in [0.2, 0.25) is 11.9 Å². The smallest absolute Gasteiger partial charge is 0.224 e. The van der Waals surface area contributed by atoms with Gasteiger partial charge in [0.25, 0.3) is 0 Å². The van der Waals surface area contributed by atoms with E-state index in [-0.39, 0.29) is 42.1 Å². The van der Waals surface area contributed by atoms with Gasteiger partial charge in [0, 0.05) is 31.6 Å². The first-order valence-electron chi connectivity index (χ1n) is 12.6. The molecular formula is C21H23F3N6O2. The van der Waals surface area contributed by atoms with Gasteiger partial charge in [0.05, 0.1) is 24.9 Å². The molecule has 4 unspecified atom stereocenters. The van der Waals surface area contributed by atoms with E-state index in [4.69, 9.17) is 11.6 Å². The predicted molar refractivity (Wildman–Crippen MR) is 111 cm³/mol. The highest BCUT2D eigenvalue weighted by atomic mass is 19.1. The van der Waals surface area contributed by atoms with Crippen LogP contribution in [-0.4, -0.2) is 50.0 Å². The molecule has 3 aromatic rings. The maximum Gasteiger partial charge on any atom is 0.224 e. The van der Waals surface area contributed by atoms with E-state index in [9.17, 15) is 18.3 Å². The molecular weight excluding hydrogens is 425 g/mol. The van der Waals surface area contributed by atoms with E-state index in [0.29, 0.717) is 25.2 Å². The summed E-state index contributed by atoms with van der Waals surface area (Å²) in [5, 5.41) is 15.3. The number of nitrogens with zero attached hydrogens (tertiary/aromatic N) is 4. The zero-order chi connectivity index (χ0) is 26.7. The van der Waals surface area contributed by atoms with Crippen LogP contribution in [0.3, 0.4) is 0 Å². The molecule has 32 heavy (non-hydrogen) atoms. The van der Waals surface area contributed by atoms with Gasteiger partial charge in [-0.3, -0.25) is 4.57 Å². The molecule has 1 aromatic carbocycles. The van der Waals surface area contributed by atoms with Crippen LogP contribution in [0.25, 0.3) is 11.2 Å². The summed E-state index contributed by atoms with van der Waals surface area (Å²) in [6, 6.07) is -0.668. The van der Waals surface area contributed by atoms with Crippen molar-refractivity contribution in [3.63, 3.8) is 0 Å². The lowest BCUT2D eigenvalue weighted by Crippen LogP contribution is -2.29. The highest BCUT2D eigenvalue weighted by Gasteiger charge is 2.27. The van der Waals surface area contributed by atoms with E-state index >= 15 is 0 Å². The Morgan fingerprint density at radius 2 is 1.97 bits per heavy atom. The van der Waals surface area contributed by atoms with Crippen LogP contribution >= 0.6 is 0 Å². The zero-order valence-corrected chi connectivity index (χ0v) is 16.6. The average molecular weight is 453 g/mol. The third kappa shape index (κ3) is 4.09. The molecule has 170 valence electrons. The molecule has 0 bridgehead atoms. The summed E-state index contributed by atoms with van der Waals surface area (Å²) in [5.41, 5.74) is -0.182. The second-order valence-electron chi connectivity index (χ2n) is 7.49. The molecule has 2 fully saturated rings. The number of benzene rings is 1. The SMILES string of the molecule is [2H]C1CC(O)C([2H])([2H])C([2H])([2H])C1Nc1ncc2nc(Nc3c(F)cc(F)cc3F)n(C3CCOC3)c2n1. The number of hydrogen-bond acceptors (Lipinski definition) is 7. The van der Waals surface area contributed by atoms with E-state index in [0.717, 1.165) is 0 Å². The Bertz CT molecular complexity index is 1320. The molecule has 2 aromatic heterocycles. The fourth-order valence-electron chi connectivity index (χ4n) is 3.70. The molecule has 3 N–H and O–H groups in total. The molecule has 1 saturated carbocycles. The van der Waals surface area contributed by atoms with Crippen LogP contribution in [-0.2, 0) is 4.74 Å². The van der Waals surface area contributed by atoms with Gasteiger partial charge in [-0.05, 0) is 32.0 Å². The lowest BCUT2D eigenvalue weighted by molar-refractivity contribution is 0.126. The molecule has 0 radical (unpaired) electrons. The highest BCUT2D eigenvalue weighted by Crippen LogP contribution is 2.32. The molecule has 8 nitrogen and oxygen atoms in total. The van der Waals surface area contributed by atoms with E-state index < -0.39 is 54.4 Å². The number of aliphatic hydroxyl groups is 1. The van der Waals surface area contributed by atoms with Crippen molar-refractivity contribution in [2.24, 2.45) is 0 Å². The minimum Gasteiger partial charge on any atom is -0.393 e. The summed E-state index contributed by atoms with van der Waals surface area (Å²) in [7, 11) is 0. The van der Waals surface area contributed by atoms with Gasteiger partial charge >= 0.3 is 0 Å². The number of ether oxygens (including phenoxy) is 1. The van der Waals surface area contributed by atoms with Crippen molar-refractivity contribution in [2.75, 3.05) is 23.8 Å². The van der Waals surface area contributed by atoms with Crippen molar-refractivity contribution in [3.8, 4) is 0 Å². The number of anilines is 3. The van der Waals surface area contributed by atoms with Gasteiger partial charge in [0.15, 0.2) is 17.3 Å². The Kier molecular flexibility index (Phi) is 4.22. The van der Waals surface area contributed by atoms with Gasteiger partial charge in [0.1, 0.15) is 17.0 Å². The molecule has 3 heterocycles. The Morgan fingerprint density at radius 3 is 2.72 bits per heavy atom. The molecule has 1 aliphatic heterocycles. The molecule has 0 amide bonds. The standard InChI is InChI=1S/C21H23F3N6O2/c22-11-7-15(23)18(16(24)8-11)28-21-27-17-9-25-20(26-12-1-3-14(31)4-2-12)29-19(17)30(21)13-5-6-32-10-13/h7-9,12-14,31H,1-6,10H2,(H,27,28)(H,25,26,29)/i1D,2D2,4D2. The molecule has 1 aliphatic carbocycles. The van der Waals surface area contributed by atoms with E-state index in [1.165, 1.54) is 6.20 Å². The van der Waals surface area contributed by atoms with Crippen LogP contribution in [0.15, 0.2) is 18.3 Å². The minimum atomic E-state index is -2.64. The Labute approximate surface area is 188 Å². The molecule has 2 aliphatic rings. The summed E-state index contributed by atoms with van der Waals surface area (Å²) in [6.45, 7) is 0.665. The number of hydrogen-bond donors (Lipinski definition) is 3. The fourth-order valence-corrected chi connectivity index (χ4v) is 3.70. The lowest BCUT2D eigenvalue weighted by atomic mass is 9.93. The molecule has 4 atom stereocenters. The van der Waals surface area contributed by atoms with Crippen LogP contribution in [0, 0.1) is 17.5 Å². The third-order valence-corrected chi connectivity index (χ3v) is 5.23. The van der Waals surface area contributed by atoms with Gasteiger partial charge in [-0.1, -0.05) is 0 Å². The monoisotopic (exact) mass is 453 g/mol. The van der Waals surface area contributed by atoms with Crippen molar-refractivity contribution < 1.29 is 29.9 Å². The largest absolute Gasteiger partial charge is 0.393 e. The average Bonchev–Trinajstić information content (AvgIpc) is 3.45. The lowest BCUT2D eigenvalue weighted by Gasteiger charge is -2.26. The van der Waals surface area contributed by atoms with Crippen LogP contribution in [0.1, 0.15) is 44.9 Å². The van der Waals surface area contributed by atoms with Gasteiger partial charge in [-0.25, -0.2) is 23.1 Å². The Balaban J connectivity index is 1.54. The third-order valence-electron chi connectivity index (χ3n) is 5.23. The maximum absolute atomic E-state index is 14.3. The molecule has 1 saturated heterocycles.